The Kier molecular flexibility index (Phi) is 10.8. The predicted molar refractivity (Wildman–Crippen MR) is 154 cm³/mol. The minimum atomic E-state index is -2.83. The summed E-state index contributed by atoms with van der Waals surface area (Å²) in [5.74, 6) is 0.394. The summed E-state index contributed by atoms with van der Waals surface area (Å²) < 4.78 is 33.7. The molecule has 4 heterocycles. The smallest absolute Gasteiger partial charge is 0.280 e. The van der Waals surface area contributed by atoms with Crippen LogP contribution in [-0.4, -0.2) is 38.1 Å². The molecule has 1 aliphatic heterocycles. The first-order valence-corrected chi connectivity index (χ1v) is 14.1. The van der Waals surface area contributed by atoms with Crippen LogP contribution >= 0.6 is 11.8 Å². The largest absolute Gasteiger partial charge is 0.494 e. The van der Waals surface area contributed by atoms with Gasteiger partial charge in [0.15, 0.2) is 5.17 Å². The van der Waals surface area contributed by atoms with Crippen molar-refractivity contribution < 1.29 is 18.3 Å². The number of aromatic nitrogens is 3. The highest BCUT2D eigenvalue weighted by Gasteiger charge is 2.36. The van der Waals surface area contributed by atoms with Crippen molar-refractivity contribution in [3.63, 3.8) is 0 Å². The molecule has 40 heavy (non-hydrogen) atoms. The SMILES string of the molecule is CC.CC.COc1cnc(C(F)F)cc1-c1cc(-n2ccc(C)cc2=O)ncc1C(=O)NC1=NNC(C2CC2)S1. The van der Waals surface area contributed by atoms with Crippen LogP contribution in [0.3, 0.4) is 0 Å². The Hall–Kier alpha value is -3.80. The number of alkyl halides is 2. The second-order valence-corrected chi connectivity index (χ2v) is 9.62. The first-order valence-electron chi connectivity index (χ1n) is 13.2. The average Bonchev–Trinajstić information content (AvgIpc) is 3.72. The van der Waals surface area contributed by atoms with E-state index in [1.165, 1.54) is 54.0 Å². The summed E-state index contributed by atoms with van der Waals surface area (Å²) in [6.45, 7) is 9.79. The van der Waals surface area contributed by atoms with Crippen molar-refractivity contribution in [1.82, 2.24) is 25.3 Å². The molecule has 2 N–H and O–H groups in total. The molecule has 1 fully saturated rings. The van der Waals surface area contributed by atoms with Crippen molar-refractivity contribution in [3.05, 3.63) is 70.0 Å². The molecule has 1 aliphatic carbocycles. The fourth-order valence-electron chi connectivity index (χ4n) is 3.82. The Balaban J connectivity index is 0.00000106. The fourth-order valence-corrected chi connectivity index (χ4v) is 4.88. The maximum Gasteiger partial charge on any atom is 0.280 e. The van der Waals surface area contributed by atoms with E-state index in [0.717, 1.165) is 18.4 Å². The number of hydrogen-bond acceptors (Lipinski definition) is 8. The summed E-state index contributed by atoms with van der Waals surface area (Å²) in [5, 5.41) is 7.50. The molecule has 0 saturated heterocycles. The topological polar surface area (TPSA) is 111 Å². The number of carbonyl (C=O) groups excluding carboxylic acids is 1. The van der Waals surface area contributed by atoms with Gasteiger partial charge in [-0.2, -0.15) is 5.10 Å². The zero-order valence-electron chi connectivity index (χ0n) is 23.4. The number of nitrogens with one attached hydrogen (secondary N) is 2. The van der Waals surface area contributed by atoms with Crippen molar-refractivity contribution in [3.8, 4) is 22.7 Å². The third-order valence-corrected chi connectivity index (χ3v) is 7.04. The third-order valence-electron chi connectivity index (χ3n) is 5.88. The highest BCUT2D eigenvalue weighted by molar-refractivity contribution is 8.14. The van der Waals surface area contributed by atoms with Crippen LogP contribution in [0, 0.1) is 12.8 Å². The maximum atomic E-state index is 13.5. The van der Waals surface area contributed by atoms with E-state index in [9.17, 15) is 18.4 Å². The number of pyridine rings is 3. The van der Waals surface area contributed by atoms with Crippen molar-refractivity contribution in [2.24, 2.45) is 11.0 Å². The van der Waals surface area contributed by atoms with Gasteiger partial charge in [-0.3, -0.25) is 29.9 Å². The summed E-state index contributed by atoms with van der Waals surface area (Å²) in [6, 6.07) is 5.85. The van der Waals surface area contributed by atoms with Gasteiger partial charge in [-0.15, -0.1) is 0 Å². The van der Waals surface area contributed by atoms with E-state index in [1.54, 1.807) is 19.2 Å². The normalized spacial score (nSPS) is 15.6. The summed E-state index contributed by atoms with van der Waals surface area (Å²) in [7, 11) is 1.38. The molecule has 1 atom stereocenters. The molecule has 9 nitrogen and oxygen atoms in total. The summed E-state index contributed by atoms with van der Waals surface area (Å²) in [4.78, 5) is 34.0. The van der Waals surface area contributed by atoms with E-state index in [2.05, 4.69) is 25.8 Å². The molecule has 12 heteroatoms. The van der Waals surface area contributed by atoms with Gasteiger partial charge in [0.1, 0.15) is 17.3 Å². The Morgan fingerprint density at radius 3 is 2.48 bits per heavy atom. The molecule has 214 valence electrons. The van der Waals surface area contributed by atoms with Crippen LogP contribution in [0.5, 0.6) is 5.75 Å². The monoisotopic (exact) mass is 572 g/mol. The van der Waals surface area contributed by atoms with Crippen molar-refractivity contribution in [2.45, 2.75) is 59.3 Å². The molecule has 3 aromatic rings. The zero-order valence-corrected chi connectivity index (χ0v) is 24.2. The molecule has 1 amide bonds. The van der Waals surface area contributed by atoms with E-state index in [1.807, 2.05) is 27.7 Å². The lowest BCUT2D eigenvalue weighted by molar-refractivity contribution is 0.0978. The molecule has 2 aliphatic rings. The van der Waals surface area contributed by atoms with Crippen molar-refractivity contribution in [2.75, 3.05) is 7.11 Å². The molecule has 0 aromatic carbocycles. The molecule has 5 rings (SSSR count). The zero-order chi connectivity index (χ0) is 29.4. The number of hydrazone groups is 1. The number of aryl methyl sites for hydroxylation is 1. The standard InChI is InChI=1S/C24H22F2N6O3S.2C2H6/c1-12-5-6-32(20(33)7-12)19-9-14(15-8-17(21(25)26)27-11-18(15)35-2)16(10-28-19)22(34)29-24-31-30-23(36-24)13-3-4-13;2*1-2/h5-11,13,21,23,30H,3-4H2,1-2H3,(H,29,31,34);2*1-2H3. The number of carbonyl (C=O) groups is 1. The molecule has 0 bridgehead atoms. The molecule has 1 saturated carbocycles. The number of methoxy groups -OCH3 is 1. The number of hydrogen-bond donors (Lipinski definition) is 2. The predicted octanol–water partition coefficient (Wildman–Crippen LogP) is 5.67. The van der Waals surface area contributed by atoms with Gasteiger partial charge in [-0.1, -0.05) is 39.5 Å². The highest BCUT2D eigenvalue weighted by Crippen LogP contribution is 2.40. The van der Waals surface area contributed by atoms with Gasteiger partial charge in [-0.05, 0) is 49.4 Å². The average molecular weight is 573 g/mol. The maximum absolute atomic E-state index is 13.5. The lowest BCUT2D eigenvalue weighted by Crippen LogP contribution is -2.29. The quantitative estimate of drug-likeness (QED) is 0.391. The van der Waals surface area contributed by atoms with Crippen LogP contribution in [0.15, 0.2) is 52.8 Å². The minimum absolute atomic E-state index is 0.0989. The Bertz CT molecular complexity index is 1430. The Labute approximate surface area is 236 Å². The van der Waals surface area contributed by atoms with E-state index in [4.69, 9.17) is 4.74 Å². The van der Waals surface area contributed by atoms with Crippen LogP contribution in [-0.2, 0) is 0 Å². The van der Waals surface area contributed by atoms with Gasteiger partial charge in [0.25, 0.3) is 17.9 Å². The van der Waals surface area contributed by atoms with Gasteiger partial charge >= 0.3 is 0 Å². The van der Waals surface area contributed by atoms with Crippen molar-refractivity contribution >= 4 is 22.8 Å². The van der Waals surface area contributed by atoms with Crippen LogP contribution in [0.2, 0.25) is 0 Å². The summed E-state index contributed by atoms with van der Waals surface area (Å²) in [5.41, 5.74) is 3.56. The number of thioether (sulfide) groups is 1. The molecular weight excluding hydrogens is 538 g/mol. The number of rotatable bonds is 6. The molecule has 3 aromatic heterocycles. The van der Waals surface area contributed by atoms with Gasteiger partial charge in [0.05, 0.1) is 24.2 Å². The van der Waals surface area contributed by atoms with E-state index in [0.29, 0.717) is 11.1 Å². The van der Waals surface area contributed by atoms with Crippen LogP contribution in [0.4, 0.5) is 8.78 Å². The van der Waals surface area contributed by atoms with Gasteiger partial charge in [-0.25, -0.2) is 13.8 Å². The number of amides is 1. The summed E-state index contributed by atoms with van der Waals surface area (Å²) >= 11 is 1.43. The fraction of sp³-hybridized carbons (Fsp3) is 0.393. The number of amidine groups is 1. The van der Waals surface area contributed by atoms with E-state index in [-0.39, 0.29) is 39.2 Å². The minimum Gasteiger partial charge on any atom is -0.494 e. The first-order chi connectivity index (χ1) is 19.3. The second kappa shape index (κ2) is 14.0. The van der Waals surface area contributed by atoms with Crippen molar-refractivity contribution in [1.29, 1.82) is 0 Å². The Morgan fingerprint density at radius 1 is 1.12 bits per heavy atom. The molecule has 0 spiro atoms. The van der Waals surface area contributed by atoms with Gasteiger partial charge in [0.2, 0.25) is 0 Å². The lowest BCUT2D eigenvalue weighted by Gasteiger charge is -2.16. The number of ether oxygens (including phenoxy) is 1. The first kappa shape index (κ1) is 30.7. The lowest BCUT2D eigenvalue weighted by atomic mass is 10.00. The van der Waals surface area contributed by atoms with Gasteiger partial charge < -0.3 is 4.74 Å². The molecule has 1 unspecified atom stereocenters. The molecule has 0 radical (unpaired) electrons. The third kappa shape index (κ3) is 7.04. The Morgan fingerprint density at radius 2 is 1.85 bits per heavy atom. The number of nitrogens with zero attached hydrogens (tertiary/aromatic N) is 4. The highest BCUT2D eigenvalue weighted by atomic mass is 32.2. The van der Waals surface area contributed by atoms with Crippen LogP contribution in [0.25, 0.3) is 16.9 Å². The van der Waals surface area contributed by atoms with Crippen LogP contribution < -0.4 is 21.0 Å². The summed E-state index contributed by atoms with van der Waals surface area (Å²) in [6.07, 6.45) is 3.44. The van der Waals surface area contributed by atoms with Crippen LogP contribution in [0.1, 0.15) is 68.6 Å². The second-order valence-electron chi connectivity index (χ2n) is 8.49. The van der Waals surface area contributed by atoms with Gasteiger partial charge in [0, 0.05) is 29.6 Å². The van der Waals surface area contributed by atoms with E-state index >= 15 is 0 Å². The van der Waals surface area contributed by atoms with E-state index < -0.39 is 18.0 Å². The molecular formula is C28H34F2N6O3S. The number of halogens is 2.